The molecule has 0 aliphatic carbocycles. The number of hydrogen-bond donors (Lipinski definition) is 1. The van der Waals surface area contributed by atoms with E-state index in [4.69, 9.17) is 23.7 Å². The smallest absolute Gasteiger partial charge is 0.270 e. The van der Waals surface area contributed by atoms with Crippen LogP contribution in [0.15, 0.2) is 53.6 Å². The predicted octanol–water partition coefficient (Wildman–Crippen LogP) is 4.95. The number of carbonyl (C=O) groups excluding carboxylic acids is 2. The summed E-state index contributed by atoms with van der Waals surface area (Å²) in [7, 11) is 6.04. The summed E-state index contributed by atoms with van der Waals surface area (Å²) in [4.78, 5) is 40.3. The molecule has 14 nitrogen and oxygen atoms in total. The van der Waals surface area contributed by atoms with E-state index in [0.717, 1.165) is 11.3 Å². The SMILES string of the molecule is COc1ccc(C2CC(c3cc(OC)c(OC)c(OC)c3)=NN2C(C)=O)cc1OCC(=O)Nc1nc2ccc([N+](=O)[O-])cc2s1. The monoisotopic (exact) mass is 635 g/mol. The summed E-state index contributed by atoms with van der Waals surface area (Å²) in [6, 6.07) is 12.6. The minimum Gasteiger partial charge on any atom is -0.493 e. The molecular formula is C30H29N5O9S. The van der Waals surface area contributed by atoms with Crippen LogP contribution < -0.4 is 29.0 Å². The fourth-order valence-corrected chi connectivity index (χ4v) is 5.79. The van der Waals surface area contributed by atoms with Gasteiger partial charge in [0.2, 0.25) is 11.7 Å². The number of aromatic nitrogens is 1. The summed E-state index contributed by atoms with van der Waals surface area (Å²) < 4.78 is 28.3. The lowest BCUT2D eigenvalue weighted by Crippen LogP contribution is -2.24. The van der Waals surface area contributed by atoms with Crippen molar-refractivity contribution in [3.05, 3.63) is 69.8 Å². The van der Waals surface area contributed by atoms with Crippen LogP contribution in [0.1, 0.15) is 30.5 Å². The van der Waals surface area contributed by atoms with Crippen LogP contribution in [-0.2, 0) is 9.59 Å². The molecule has 1 aliphatic heterocycles. The first-order valence-electron chi connectivity index (χ1n) is 13.5. The molecule has 5 rings (SSSR count). The molecule has 45 heavy (non-hydrogen) atoms. The van der Waals surface area contributed by atoms with Gasteiger partial charge >= 0.3 is 0 Å². The molecule has 2 heterocycles. The minimum absolute atomic E-state index is 0.0640. The topological polar surface area (TPSA) is 164 Å². The lowest BCUT2D eigenvalue weighted by atomic mass is 9.97. The largest absolute Gasteiger partial charge is 0.493 e. The summed E-state index contributed by atoms with van der Waals surface area (Å²) in [5, 5.41) is 20.0. The van der Waals surface area contributed by atoms with E-state index in [1.54, 1.807) is 30.3 Å². The van der Waals surface area contributed by atoms with Gasteiger partial charge in [0.05, 0.1) is 55.3 Å². The number of nitro groups is 1. The normalized spacial score (nSPS) is 14.1. The quantitative estimate of drug-likeness (QED) is 0.176. The van der Waals surface area contributed by atoms with Crippen LogP contribution in [-0.4, -0.2) is 67.5 Å². The number of ether oxygens (including phenoxy) is 5. The third-order valence-corrected chi connectivity index (χ3v) is 7.92. The second kappa shape index (κ2) is 13.1. The highest BCUT2D eigenvalue weighted by atomic mass is 32.1. The molecule has 1 aliphatic rings. The van der Waals surface area contributed by atoms with Gasteiger partial charge in [-0.15, -0.1) is 0 Å². The van der Waals surface area contributed by atoms with Crippen LogP contribution in [0.25, 0.3) is 10.2 Å². The standard InChI is InChI=1S/C30H29N5O9S/c1-16(36)34-22(14-21(33-34)18-11-25(41-3)29(43-5)26(12-18)42-4)17-6-9-23(40-2)24(10-17)44-15-28(37)32-30-31-20-8-7-19(35(38)39)13-27(20)45-30/h6-13,22H,14-15H2,1-5H3,(H,31,32,37). The van der Waals surface area contributed by atoms with Gasteiger partial charge in [0.25, 0.3) is 11.6 Å². The van der Waals surface area contributed by atoms with E-state index >= 15 is 0 Å². The average Bonchev–Trinajstić information content (AvgIpc) is 3.67. The Labute approximate surface area is 261 Å². The highest BCUT2D eigenvalue weighted by molar-refractivity contribution is 7.22. The second-order valence-electron chi connectivity index (χ2n) is 9.72. The molecule has 0 spiro atoms. The Morgan fingerprint density at radius 2 is 1.69 bits per heavy atom. The fraction of sp³-hybridized carbons (Fsp3) is 0.267. The summed E-state index contributed by atoms with van der Waals surface area (Å²) in [6.45, 7) is 1.06. The number of carbonyl (C=O) groups is 2. The molecule has 1 atom stereocenters. The molecule has 1 aromatic heterocycles. The number of thiazole rings is 1. The Balaban J connectivity index is 1.34. The minimum atomic E-state index is -0.492. The van der Waals surface area contributed by atoms with Gasteiger partial charge in [0.1, 0.15) is 0 Å². The van der Waals surface area contributed by atoms with E-state index in [2.05, 4.69) is 15.4 Å². The van der Waals surface area contributed by atoms with E-state index in [-0.39, 0.29) is 29.1 Å². The highest BCUT2D eigenvalue weighted by Gasteiger charge is 2.33. The first-order valence-corrected chi connectivity index (χ1v) is 14.3. The fourth-order valence-electron chi connectivity index (χ4n) is 4.87. The van der Waals surface area contributed by atoms with Crippen LogP contribution in [0, 0.1) is 10.1 Å². The van der Waals surface area contributed by atoms with E-state index < -0.39 is 16.9 Å². The van der Waals surface area contributed by atoms with Crippen molar-refractivity contribution in [3.63, 3.8) is 0 Å². The van der Waals surface area contributed by atoms with Crippen LogP contribution in [0.2, 0.25) is 0 Å². The molecule has 0 saturated heterocycles. The van der Waals surface area contributed by atoms with Crippen molar-refractivity contribution < 1.29 is 38.2 Å². The zero-order valence-corrected chi connectivity index (χ0v) is 25.8. The lowest BCUT2D eigenvalue weighted by molar-refractivity contribution is -0.384. The maximum absolute atomic E-state index is 12.8. The van der Waals surface area contributed by atoms with E-state index in [9.17, 15) is 19.7 Å². The summed E-state index contributed by atoms with van der Waals surface area (Å²) in [6.07, 6.45) is 0.375. The average molecular weight is 636 g/mol. The number of methoxy groups -OCH3 is 4. The number of rotatable bonds is 11. The number of benzene rings is 3. The number of hydrazone groups is 1. The number of nitrogens with zero attached hydrogens (tertiary/aromatic N) is 4. The molecule has 0 fully saturated rings. The molecule has 1 unspecified atom stereocenters. The second-order valence-corrected chi connectivity index (χ2v) is 10.8. The Morgan fingerprint density at radius 3 is 2.31 bits per heavy atom. The van der Waals surface area contributed by atoms with Gasteiger partial charge in [-0.25, -0.2) is 9.99 Å². The molecule has 0 bridgehead atoms. The Morgan fingerprint density at radius 1 is 0.978 bits per heavy atom. The summed E-state index contributed by atoms with van der Waals surface area (Å²) in [5.74, 6) is 1.27. The third kappa shape index (κ3) is 6.43. The number of fused-ring (bicyclic) bond motifs is 1. The maximum Gasteiger partial charge on any atom is 0.270 e. The zero-order chi connectivity index (χ0) is 32.2. The summed E-state index contributed by atoms with van der Waals surface area (Å²) >= 11 is 1.11. The van der Waals surface area contributed by atoms with Gasteiger partial charge in [0.15, 0.2) is 34.7 Å². The van der Waals surface area contributed by atoms with Crippen LogP contribution in [0.5, 0.6) is 28.7 Å². The number of amides is 2. The first kappa shape index (κ1) is 31.0. The van der Waals surface area contributed by atoms with Crippen LogP contribution in [0.3, 0.4) is 0 Å². The molecule has 1 N–H and O–H groups in total. The van der Waals surface area contributed by atoms with Crippen molar-refractivity contribution in [1.82, 2.24) is 9.99 Å². The molecule has 234 valence electrons. The van der Waals surface area contributed by atoms with Crippen LogP contribution in [0.4, 0.5) is 10.8 Å². The van der Waals surface area contributed by atoms with E-state index in [1.807, 2.05) is 0 Å². The van der Waals surface area contributed by atoms with Crippen molar-refractivity contribution in [3.8, 4) is 28.7 Å². The number of anilines is 1. The zero-order valence-electron chi connectivity index (χ0n) is 25.0. The van der Waals surface area contributed by atoms with Crippen molar-refractivity contribution in [2.45, 2.75) is 19.4 Å². The Hall–Kier alpha value is -5.44. The maximum atomic E-state index is 12.8. The molecule has 2 amide bonds. The lowest BCUT2D eigenvalue weighted by Gasteiger charge is -2.21. The molecule has 3 aromatic carbocycles. The van der Waals surface area contributed by atoms with Gasteiger partial charge in [-0.3, -0.25) is 25.0 Å². The molecular weight excluding hydrogens is 606 g/mol. The van der Waals surface area contributed by atoms with Crippen molar-refractivity contribution in [2.75, 3.05) is 40.4 Å². The van der Waals surface area contributed by atoms with Crippen molar-refractivity contribution in [1.29, 1.82) is 0 Å². The van der Waals surface area contributed by atoms with E-state index in [1.165, 1.54) is 58.6 Å². The Bertz CT molecular complexity index is 1800. The molecule has 15 heteroatoms. The summed E-state index contributed by atoms with van der Waals surface area (Å²) in [5.41, 5.74) is 2.50. The number of nitro benzene ring substituents is 1. The molecule has 0 saturated carbocycles. The van der Waals surface area contributed by atoms with Gasteiger partial charge < -0.3 is 23.7 Å². The van der Waals surface area contributed by atoms with Crippen molar-refractivity contribution in [2.24, 2.45) is 5.10 Å². The van der Waals surface area contributed by atoms with Gasteiger partial charge in [-0.1, -0.05) is 17.4 Å². The van der Waals surface area contributed by atoms with Gasteiger partial charge in [-0.2, -0.15) is 5.10 Å². The number of nitrogens with one attached hydrogen (secondary N) is 1. The number of non-ortho nitro benzene ring substituents is 1. The predicted molar refractivity (Wildman–Crippen MR) is 166 cm³/mol. The first-order chi connectivity index (χ1) is 21.6. The van der Waals surface area contributed by atoms with Crippen molar-refractivity contribution >= 4 is 49.9 Å². The van der Waals surface area contributed by atoms with Gasteiger partial charge in [0, 0.05) is 31.0 Å². The van der Waals surface area contributed by atoms with E-state index in [0.29, 0.717) is 56.5 Å². The number of hydrogen-bond acceptors (Lipinski definition) is 12. The van der Waals surface area contributed by atoms with Gasteiger partial charge in [-0.05, 0) is 35.9 Å². The third-order valence-electron chi connectivity index (χ3n) is 6.99. The molecule has 4 aromatic rings. The van der Waals surface area contributed by atoms with Crippen LogP contribution >= 0.6 is 11.3 Å². The Kier molecular flexibility index (Phi) is 8.99. The molecule has 0 radical (unpaired) electrons. The highest BCUT2D eigenvalue weighted by Crippen LogP contribution is 2.42.